The smallest absolute Gasteiger partial charge is 0.132 e. The Bertz CT molecular complexity index is 139. The highest BCUT2D eigenvalue weighted by atomic mass is 16.1. The molecule has 0 rings (SSSR count). The van der Waals surface area contributed by atoms with Gasteiger partial charge in [0.15, 0.2) is 0 Å². The fourth-order valence-corrected chi connectivity index (χ4v) is 1.85. The van der Waals surface area contributed by atoms with Crippen LogP contribution in [0.4, 0.5) is 0 Å². The third-order valence-electron chi connectivity index (χ3n) is 2.63. The summed E-state index contributed by atoms with van der Waals surface area (Å²) >= 11 is 0. The standard InChI is InChI=1S/C12H25NO/c1-3-5-11(9-10-13)7-8-12(14)6-4-2/h11H,3-10,13H2,1-2H3. The number of carbonyl (C=O) groups excluding carboxylic acids is 1. The van der Waals surface area contributed by atoms with Crippen molar-refractivity contribution in [2.24, 2.45) is 11.7 Å². The quantitative estimate of drug-likeness (QED) is 0.620. The van der Waals surface area contributed by atoms with E-state index < -0.39 is 0 Å². The van der Waals surface area contributed by atoms with Crippen molar-refractivity contribution in [1.29, 1.82) is 0 Å². The molecule has 0 aliphatic rings. The van der Waals surface area contributed by atoms with Gasteiger partial charge in [-0.3, -0.25) is 4.79 Å². The summed E-state index contributed by atoms with van der Waals surface area (Å²) in [6, 6.07) is 0. The molecule has 0 aliphatic carbocycles. The second kappa shape index (κ2) is 9.20. The van der Waals surface area contributed by atoms with E-state index >= 15 is 0 Å². The zero-order chi connectivity index (χ0) is 10.8. The number of hydrogen-bond donors (Lipinski definition) is 1. The first-order valence-corrected chi connectivity index (χ1v) is 5.96. The molecule has 0 aromatic carbocycles. The average Bonchev–Trinajstić information content (AvgIpc) is 2.15. The van der Waals surface area contributed by atoms with Crippen molar-refractivity contribution in [2.75, 3.05) is 6.54 Å². The van der Waals surface area contributed by atoms with Gasteiger partial charge in [0, 0.05) is 12.8 Å². The summed E-state index contributed by atoms with van der Waals surface area (Å²) in [5.41, 5.74) is 5.54. The minimum absolute atomic E-state index is 0.422. The van der Waals surface area contributed by atoms with E-state index in [4.69, 9.17) is 5.73 Å². The van der Waals surface area contributed by atoms with Gasteiger partial charge < -0.3 is 5.73 Å². The molecule has 0 aromatic rings. The molecular formula is C12H25NO. The van der Waals surface area contributed by atoms with Crippen molar-refractivity contribution >= 4 is 5.78 Å². The van der Waals surface area contributed by atoms with Gasteiger partial charge >= 0.3 is 0 Å². The molecular weight excluding hydrogens is 174 g/mol. The van der Waals surface area contributed by atoms with Gasteiger partial charge in [0.2, 0.25) is 0 Å². The average molecular weight is 199 g/mol. The van der Waals surface area contributed by atoms with Gasteiger partial charge in [0.1, 0.15) is 5.78 Å². The Kier molecular flexibility index (Phi) is 8.95. The van der Waals surface area contributed by atoms with Crippen LogP contribution in [-0.4, -0.2) is 12.3 Å². The topological polar surface area (TPSA) is 43.1 Å². The Morgan fingerprint density at radius 2 is 1.79 bits per heavy atom. The van der Waals surface area contributed by atoms with Gasteiger partial charge in [-0.2, -0.15) is 0 Å². The Morgan fingerprint density at radius 1 is 1.07 bits per heavy atom. The predicted octanol–water partition coefficient (Wildman–Crippen LogP) is 2.90. The molecule has 2 nitrogen and oxygen atoms in total. The fraction of sp³-hybridized carbons (Fsp3) is 0.917. The monoisotopic (exact) mass is 199 g/mol. The largest absolute Gasteiger partial charge is 0.330 e. The molecule has 0 aliphatic heterocycles. The van der Waals surface area contributed by atoms with Gasteiger partial charge in [-0.05, 0) is 31.7 Å². The zero-order valence-electron chi connectivity index (χ0n) is 9.72. The third-order valence-corrected chi connectivity index (χ3v) is 2.63. The highest BCUT2D eigenvalue weighted by Crippen LogP contribution is 2.17. The number of carbonyl (C=O) groups is 1. The maximum absolute atomic E-state index is 11.3. The number of ketones is 1. The molecule has 2 N–H and O–H groups in total. The number of Topliss-reactive ketones (excluding diaryl/α,β-unsaturated/α-hetero) is 1. The third kappa shape index (κ3) is 7.07. The molecule has 0 bridgehead atoms. The molecule has 0 heterocycles. The second-order valence-electron chi connectivity index (χ2n) is 4.06. The van der Waals surface area contributed by atoms with Crippen LogP contribution in [0.5, 0.6) is 0 Å². The van der Waals surface area contributed by atoms with Gasteiger partial charge in [0.25, 0.3) is 0 Å². The predicted molar refractivity (Wildman–Crippen MR) is 61.2 cm³/mol. The van der Waals surface area contributed by atoms with E-state index in [1.807, 2.05) is 0 Å². The Morgan fingerprint density at radius 3 is 2.29 bits per heavy atom. The molecule has 1 unspecified atom stereocenters. The zero-order valence-corrected chi connectivity index (χ0v) is 9.72. The van der Waals surface area contributed by atoms with Crippen molar-refractivity contribution in [3.8, 4) is 0 Å². The van der Waals surface area contributed by atoms with Crippen molar-refractivity contribution in [1.82, 2.24) is 0 Å². The first-order chi connectivity index (χ1) is 6.74. The van der Waals surface area contributed by atoms with E-state index in [0.717, 1.165) is 38.6 Å². The molecule has 0 spiro atoms. The highest BCUT2D eigenvalue weighted by Gasteiger charge is 2.09. The molecule has 0 amide bonds. The van der Waals surface area contributed by atoms with Crippen LogP contribution < -0.4 is 5.73 Å². The first-order valence-electron chi connectivity index (χ1n) is 5.96. The van der Waals surface area contributed by atoms with Crippen LogP contribution in [0.15, 0.2) is 0 Å². The van der Waals surface area contributed by atoms with Crippen molar-refractivity contribution in [3.05, 3.63) is 0 Å². The summed E-state index contributed by atoms with van der Waals surface area (Å²) < 4.78 is 0. The maximum Gasteiger partial charge on any atom is 0.132 e. The van der Waals surface area contributed by atoms with E-state index in [1.54, 1.807) is 0 Å². The molecule has 1 atom stereocenters. The lowest BCUT2D eigenvalue weighted by Crippen LogP contribution is -2.10. The molecule has 14 heavy (non-hydrogen) atoms. The molecule has 0 saturated heterocycles. The van der Waals surface area contributed by atoms with Crippen molar-refractivity contribution in [3.63, 3.8) is 0 Å². The van der Waals surface area contributed by atoms with Gasteiger partial charge in [-0.15, -0.1) is 0 Å². The summed E-state index contributed by atoms with van der Waals surface area (Å²) in [5, 5.41) is 0. The number of rotatable bonds is 9. The SMILES string of the molecule is CCCC(=O)CCC(CCC)CCN. The second-order valence-corrected chi connectivity index (χ2v) is 4.06. The van der Waals surface area contributed by atoms with Crippen molar-refractivity contribution < 1.29 is 4.79 Å². The summed E-state index contributed by atoms with van der Waals surface area (Å²) in [5.74, 6) is 1.09. The van der Waals surface area contributed by atoms with Crippen LogP contribution in [0, 0.1) is 5.92 Å². The first kappa shape index (κ1) is 13.6. The van der Waals surface area contributed by atoms with Crippen LogP contribution in [0.25, 0.3) is 0 Å². The minimum atomic E-state index is 0.422. The van der Waals surface area contributed by atoms with E-state index in [1.165, 1.54) is 12.8 Å². The van der Waals surface area contributed by atoms with Crippen LogP contribution >= 0.6 is 0 Å². The number of hydrogen-bond acceptors (Lipinski definition) is 2. The molecule has 0 fully saturated rings. The molecule has 2 heteroatoms. The lowest BCUT2D eigenvalue weighted by atomic mass is 9.93. The van der Waals surface area contributed by atoms with Crippen LogP contribution in [0.2, 0.25) is 0 Å². The van der Waals surface area contributed by atoms with Crippen molar-refractivity contribution in [2.45, 2.75) is 58.8 Å². The minimum Gasteiger partial charge on any atom is -0.330 e. The number of nitrogens with two attached hydrogens (primary N) is 1. The molecule has 0 radical (unpaired) electrons. The lowest BCUT2D eigenvalue weighted by Gasteiger charge is -2.13. The Labute approximate surface area is 88.3 Å². The van der Waals surface area contributed by atoms with Crippen LogP contribution in [-0.2, 0) is 4.79 Å². The highest BCUT2D eigenvalue weighted by molar-refractivity contribution is 5.78. The van der Waals surface area contributed by atoms with Gasteiger partial charge in [0.05, 0.1) is 0 Å². The summed E-state index contributed by atoms with van der Waals surface area (Å²) in [6.07, 6.45) is 7.04. The van der Waals surface area contributed by atoms with Crippen LogP contribution in [0.3, 0.4) is 0 Å². The van der Waals surface area contributed by atoms with E-state index in [9.17, 15) is 4.79 Å². The molecule has 0 aromatic heterocycles. The van der Waals surface area contributed by atoms with Gasteiger partial charge in [-0.25, -0.2) is 0 Å². The lowest BCUT2D eigenvalue weighted by molar-refractivity contribution is -0.119. The van der Waals surface area contributed by atoms with E-state index in [2.05, 4.69) is 13.8 Å². The molecule has 0 saturated carbocycles. The maximum atomic E-state index is 11.3. The Balaban J connectivity index is 3.63. The molecule has 84 valence electrons. The fourth-order valence-electron chi connectivity index (χ4n) is 1.85. The summed E-state index contributed by atoms with van der Waals surface area (Å²) in [7, 11) is 0. The van der Waals surface area contributed by atoms with Crippen LogP contribution in [0.1, 0.15) is 58.8 Å². The van der Waals surface area contributed by atoms with Gasteiger partial charge in [-0.1, -0.05) is 26.7 Å². The normalized spacial score (nSPS) is 12.8. The Hall–Kier alpha value is -0.370. The van der Waals surface area contributed by atoms with E-state index in [0.29, 0.717) is 11.7 Å². The summed E-state index contributed by atoms with van der Waals surface area (Å²) in [4.78, 5) is 11.3. The van der Waals surface area contributed by atoms with E-state index in [-0.39, 0.29) is 0 Å². The summed E-state index contributed by atoms with van der Waals surface area (Å²) in [6.45, 7) is 5.01.